The normalized spacial score (nSPS) is 10.2. The molecule has 0 aromatic heterocycles. The molecule has 0 bridgehead atoms. The zero-order valence-corrected chi connectivity index (χ0v) is 9.85. The Kier molecular flexibility index (Phi) is 4.99. The van der Waals surface area contributed by atoms with Crippen molar-refractivity contribution in [3.8, 4) is 5.75 Å². The van der Waals surface area contributed by atoms with Gasteiger partial charge >= 0.3 is 0 Å². The highest BCUT2D eigenvalue weighted by Gasteiger charge is 2.00. The number of rotatable bonds is 6. The minimum absolute atomic E-state index is 0.209. The molecule has 0 saturated carbocycles. The second kappa shape index (κ2) is 6.28. The number of halogens is 1. The van der Waals surface area contributed by atoms with Crippen molar-refractivity contribution in [3.05, 3.63) is 41.7 Å². The lowest BCUT2D eigenvalue weighted by Crippen LogP contribution is -2.18. The second-order valence-corrected chi connectivity index (χ2v) is 3.73. The molecule has 16 heavy (non-hydrogen) atoms. The molecule has 0 unspecified atom stereocenters. The van der Waals surface area contributed by atoms with E-state index in [1.165, 1.54) is 6.07 Å². The minimum atomic E-state index is -0.209. The Hall–Kier alpha value is -1.35. The predicted octanol–water partition coefficient (Wildman–Crippen LogP) is 2.68. The van der Waals surface area contributed by atoms with Crippen molar-refractivity contribution in [2.45, 2.75) is 13.8 Å². The molecule has 1 rings (SSSR count). The first kappa shape index (κ1) is 12.7. The minimum Gasteiger partial charge on any atom is -0.489 e. The Bertz CT molecular complexity index is 363. The molecule has 0 saturated heterocycles. The summed E-state index contributed by atoms with van der Waals surface area (Å²) in [4.78, 5) is 0. The predicted molar refractivity (Wildman–Crippen MR) is 64.3 cm³/mol. The Morgan fingerprint density at radius 2 is 2.25 bits per heavy atom. The molecule has 0 radical (unpaired) electrons. The Morgan fingerprint density at radius 3 is 2.88 bits per heavy atom. The van der Waals surface area contributed by atoms with Crippen LogP contribution >= 0.6 is 0 Å². The van der Waals surface area contributed by atoms with Gasteiger partial charge in [0.2, 0.25) is 0 Å². The average molecular weight is 223 g/mol. The third-order valence-corrected chi connectivity index (χ3v) is 2.20. The summed E-state index contributed by atoms with van der Waals surface area (Å²) in [5.41, 5.74) is 1.57. The molecule has 1 aromatic rings. The van der Waals surface area contributed by atoms with Crippen LogP contribution in [-0.2, 0) is 0 Å². The van der Waals surface area contributed by atoms with E-state index >= 15 is 0 Å². The molecule has 1 N–H and O–H groups in total. The lowest BCUT2D eigenvalue weighted by molar-refractivity contribution is 0.347. The molecule has 0 atom stereocenters. The highest BCUT2D eigenvalue weighted by atomic mass is 19.1. The quantitative estimate of drug-likeness (QED) is 0.749. The summed E-state index contributed by atoms with van der Waals surface area (Å²) in [6.07, 6.45) is 0. The smallest absolute Gasteiger partial charge is 0.126 e. The van der Waals surface area contributed by atoms with Crippen LogP contribution in [-0.4, -0.2) is 19.7 Å². The molecule has 2 nitrogen and oxygen atoms in total. The van der Waals surface area contributed by atoms with Gasteiger partial charge in [-0.3, -0.25) is 0 Å². The number of nitrogens with one attached hydrogen (secondary N) is 1. The molecule has 0 aliphatic carbocycles. The zero-order chi connectivity index (χ0) is 12.0. The van der Waals surface area contributed by atoms with Gasteiger partial charge in [0, 0.05) is 6.54 Å². The van der Waals surface area contributed by atoms with E-state index in [1.54, 1.807) is 19.1 Å². The van der Waals surface area contributed by atoms with Crippen molar-refractivity contribution in [2.75, 3.05) is 19.7 Å². The number of aryl methyl sites for hydroxylation is 1. The Balaban J connectivity index is 2.42. The van der Waals surface area contributed by atoms with Crippen molar-refractivity contribution < 1.29 is 9.13 Å². The monoisotopic (exact) mass is 223 g/mol. The topological polar surface area (TPSA) is 21.3 Å². The lowest BCUT2D eigenvalue weighted by atomic mass is 10.2. The Labute approximate surface area is 96.1 Å². The summed E-state index contributed by atoms with van der Waals surface area (Å²) in [7, 11) is 0. The molecule has 0 aliphatic heterocycles. The lowest BCUT2D eigenvalue weighted by Gasteiger charge is -2.09. The summed E-state index contributed by atoms with van der Waals surface area (Å²) in [5, 5.41) is 3.17. The molecule has 0 aliphatic rings. The van der Waals surface area contributed by atoms with Crippen LogP contribution in [0.5, 0.6) is 5.75 Å². The molecular weight excluding hydrogens is 205 g/mol. The summed E-state index contributed by atoms with van der Waals surface area (Å²) in [6, 6.07) is 4.73. The van der Waals surface area contributed by atoms with Crippen molar-refractivity contribution in [3.63, 3.8) is 0 Å². The van der Waals surface area contributed by atoms with Gasteiger partial charge in [-0.25, -0.2) is 4.39 Å². The fraction of sp³-hybridized carbons (Fsp3) is 0.385. The van der Waals surface area contributed by atoms with Crippen LogP contribution < -0.4 is 10.1 Å². The third-order valence-electron chi connectivity index (χ3n) is 2.20. The summed E-state index contributed by atoms with van der Waals surface area (Å²) < 4.78 is 18.5. The van der Waals surface area contributed by atoms with Crippen molar-refractivity contribution in [1.29, 1.82) is 0 Å². The zero-order valence-electron chi connectivity index (χ0n) is 9.85. The van der Waals surface area contributed by atoms with Crippen LogP contribution in [0, 0.1) is 12.7 Å². The molecule has 88 valence electrons. The van der Waals surface area contributed by atoms with E-state index in [0.717, 1.165) is 18.7 Å². The van der Waals surface area contributed by atoms with Gasteiger partial charge in [0.25, 0.3) is 0 Å². The number of benzene rings is 1. The first-order valence-corrected chi connectivity index (χ1v) is 5.39. The maximum Gasteiger partial charge on any atom is 0.126 e. The van der Waals surface area contributed by atoms with Gasteiger partial charge in [0.05, 0.1) is 0 Å². The van der Waals surface area contributed by atoms with Gasteiger partial charge in [-0.15, -0.1) is 0 Å². The molecule has 0 heterocycles. The van der Waals surface area contributed by atoms with Crippen LogP contribution in [0.1, 0.15) is 12.5 Å². The summed E-state index contributed by atoms with van der Waals surface area (Å²) >= 11 is 0. The highest BCUT2D eigenvalue weighted by molar-refractivity contribution is 5.29. The third kappa shape index (κ3) is 4.03. The van der Waals surface area contributed by atoms with E-state index in [9.17, 15) is 4.39 Å². The van der Waals surface area contributed by atoms with Crippen molar-refractivity contribution in [1.82, 2.24) is 5.32 Å². The maximum absolute atomic E-state index is 13.0. The largest absolute Gasteiger partial charge is 0.489 e. The fourth-order valence-electron chi connectivity index (χ4n) is 1.25. The first-order chi connectivity index (χ1) is 7.63. The van der Waals surface area contributed by atoms with E-state index < -0.39 is 0 Å². The number of likely N-dealkylation sites (N-methyl/N-ethyl adjacent to an activating group) is 1. The van der Waals surface area contributed by atoms with Crippen LogP contribution in [0.25, 0.3) is 0 Å². The summed E-state index contributed by atoms with van der Waals surface area (Å²) in [5.74, 6) is 0.468. The van der Waals surface area contributed by atoms with Gasteiger partial charge in [-0.1, -0.05) is 13.5 Å². The maximum atomic E-state index is 13.0. The molecular formula is C13H18FNO. The van der Waals surface area contributed by atoms with Crippen LogP contribution in [0.4, 0.5) is 4.39 Å². The molecule has 0 fully saturated rings. The molecule has 1 aromatic carbocycles. The number of ether oxygens (including phenoxy) is 1. The van der Waals surface area contributed by atoms with E-state index in [-0.39, 0.29) is 5.82 Å². The van der Waals surface area contributed by atoms with Crippen LogP contribution in [0.2, 0.25) is 0 Å². The molecule has 0 amide bonds. The van der Waals surface area contributed by atoms with Crippen LogP contribution in [0.15, 0.2) is 30.4 Å². The van der Waals surface area contributed by atoms with Crippen molar-refractivity contribution in [2.24, 2.45) is 0 Å². The van der Waals surface area contributed by atoms with E-state index in [2.05, 4.69) is 11.9 Å². The first-order valence-electron chi connectivity index (χ1n) is 5.39. The van der Waals surface area contributed by atoms with Gasteiger partial charge in [0.1, 0.15) is 18.2 Å². The van der Waals surface area contributed by atoms with Crippen LogP contribution in [0.3, 0.4) is 0 Å². The molecule has 0 spiro atoms. The second-order valence-electron chi connectivity index (χ2n) is 3.73. The van der Waals surface area contributed by atoms with Gasteiger partial charge < -0.3 is 10.1 Å². The summed E-state index contributed by atoms with van der Waals surface area (Å²) in [6.45, 7) is 9.76. The van der Waals surface area contributed by atoms with Gasteiger partial charge in [0.15, 0.2) is 0 Å². The Morgan fingerprint density at radius 1 is 1.50 bits per heavy atom. The van der Waals surface area contributed by atoms with Gasteiger partial charge in [-0.05, 0) is 42.8 Å². The van der Waals surface area contributed by atoms with Crippen molar-refractivity contribution >= 4 is 0 Å². The number of hydrogen-bond acceptors (Lipinski definition) is 2. The number of hydrogen-bond donors (Lipinski definition) is 1. The van der Waals surface area contributed by atoms with E-state index in [1.807, 2.05) is 6.92 Å². The SMILES string of the molecule is C=C(CNCC)COc1ccc(F)c(C)c1. The molecule has 3 heteroatoms. The standard InChI is InChI=1S/C13H18FNO/c1-4-15-8-10(2)9-16-12-5-6-13(14)11(3)7-12/h5-7,15H,2,4,8-9H2,1,3H3. The average Bonchev–Trinajstić information content (AvgIpc) is 2.28. The van der Waals surface area contributed by atoms with Gasteiger partial charge in [-0.2, -0.15) is 0 Å². The van der Waals surface area contributed by atoms with E-state index in [0.29, 0.717) is 17.9 Å². The fourth-order valence-corrected chi connectivity index (χ4v) is 1.25. The van der Waals surface area contributed by atoms with E-state index in [4.69, 9.17) is 4.74 Å². The highest BCUT2D eigenvalue weighted by Crippen LogP contribution is 2.16.